The van der Waals surface area contributed by atoms with E-state index < -0.39 is 0 Å². The van der Waals surface area contributed by atoms with E-state index >= 15 is 0 Å². The fourth-order valence-corrected chi connectivity index (χ4v) is 10.4. The van der Waals surface area contributed by atoms with Gasteiger partial charge in [-0.25, -0.2) is 0 Å². The van der Waals surface area contributed by atoms with Gasteiger partial charge in [0.2, 0.25) is 0 Å². The molecule has 0 saturated carbocycles. The summed E-state index contributed by atoms with van der Waals surface area (Å²) in [7, 11) is 0. The highest BCUT2D eigenvalue weighted by atomic mass is 14.4. The highest BCUT2D eigenvalue weighted by Crippen LogP contribution is 2.52. The van der Waals surface area contributed by atoms with Crippen LogP contribution in [-0.2, 0) is 5.41 Å². The third-order valence-corrected chi connectivity index (χ3v) is 13.1. The van der Waals surface area contributed by atoms with Crippen molar-refractivity contribution in [2.45, 2.75) is 26.2 Å². The molecule has 0 radical (unpaired) electrons. The Balaban J connectivity index is 0.974. The molecule has 0 amide bonds. The van der Waals surface area contributed by atoms with Crippen molar-refractivity contribution < 1.29 is 0 Å². The zero-order valence-electron chi connectivity index (χ0n) is 31.7. The fourth-order valence-electron chi connectivity index (χ4n) is 10.4. The molecule has 0 aromatic heterocycles. The van der Waals surface area contributed by atoms with E-state index in [1.54, 1.807) is 0 Å². The van der Waals surface area contributed by atoms with Gasteiger partial charge in [-0.3, -0.25) is 0 Å². The molecule has 0 fully saturated rings. The van der Waals surface area contributed by atoms with Crippen LogP contribution in [0.15, 0.2) is 176 Å². The molecule has 262 valence electrons. The summed E-state index contributed by atoms with van der Waals surface area (Å²) in [5.74, 6) is 0. The molecular formula is C56H38. The normalized spacial score (nSPS) is 13.4. The average molecular weight is 711 g/mol. The van der Waals surface area contributed by atoms with Gasteiger partial charge in [0.15, 0.2) is 0 Å². The van der Waals surface area contributed by atoms with Crippen LogP contribution in [0, 0.1) is 6.92 Å². The quantitative estimate of drug-likeness (QED) is 0.160. The number of fused-ring (bicyclic) bond motifs is 9. The molecule has 11 aromatic carbocycles. The number of aryl methyl sites for hydroxylation is 1. The van der Waals surface area contributed by atoms with E-state index in [1.165, 1.54) is 126 Å². The van der Waals surface area contributed by atoms with E-state index in [1.807, 2.05) is 0 Å². The number of hydrogen-bond donors (Lipinski definition) is 0. The maximum Gasteiger partial charge on any atom is 0.0159 e. The van der Waals surface area contributed by atoms with E-state index in [4.69, 9.17) is 0 Å². The first-order valence-electron chi connectivity index (χ1n) is 19.8. The van der Waals surface area contributed by atoms with Gasteiger partial charge in [-0.1, -0.05) is 172 Å². The van der Waals surface area contributed by atoms with Crippen molar-refractivity contribution in [3.63, 3.8) is 0 Å². The second-order valence-corrected chi connectivity index (χ2v) is 16.5. The Labute approximate surface area is 326 Å². The van der Waals surface area contributed by atoms with Gasteiger partial charge >= 0.3 is 0 Å². The van der Waals surface area contributed by atoms with Crippen LogP contribution in [0.2, 0.25) is 0 Å². The monoisotopic (exact) mass is 710 g/mol. The van der Waals surface area contributed by atoms with Gasteiger partial charge in [0.25, 0.3) is 0 Å². The van der Waals surface area contributed by atoms with Gasteiger partial charge in [-0.05, 0) is 151 Å². The topological polar surface area (TPSA) is 0 Å². The van der Waals surface area contributed by atoms with Crippen molar-refractivity contribution in [3.8, 4) is 44.5 Å². The van der Waals surface area contributed by atoms with Crippen molar-refractivity contribution in [2.75, 3.05) is 0 Å². The maximum absolute atomic E-state index is 2.50. The Kier molecular flexibility index (Phi) is 6.42. The molecule has 0 heteroatoms. The minimum atomic E-state index is -0.127. The molecule has 0 unspecified atom stereocenters. The third-order valence-electron chi connectivity index (χ3n) is 13.1. The lowest BCUT2D eigenvalue weighted by Crippen LogP contribution is -2.15. The summed E-state index contributed by atoms with van der Waals surface area (Å²) in [6, 6.07) is 66.3. The second-order valence-electron chi connectivity index (χ2n) is 16.5. The first-order valence-corrected chi connectivity index (χ1v) is 19.8. The molecule has 11 aromatic rings. The van der Waals surface area contributed by atoms with Gasteiger partial charge in [0.05, 0.1) is 0 Å². The van der Waals surface area contributed by atoms with Crippen LogP contribution >= 0.6 is 0 Å². The first kappa shape index (κ1) is 31.6. The summed E-state index contributed by atoms with van der Waals surface area (Å²) in [4.78, 5) is 0. The summed E-state index contributed by atoms with van der Waals surface area (Å²) in [5, 5.41) is 15.9. The van der Waals surface area contributed by atoms with Crippen molar-refractivity contribution >= 4 is 64.6 Å². The first-order chi connectivity index (χ1) is 27.4. The van der Waals surface area contributed by atoms with E-state index in [2.05, 4.69) is 197 Å². The minimum absolute atomic E-state index is 0.127. The lowest BCUT2D eigenvalue weighted by molar-refractivity contribution is 0.661. The van der Waals surface area contributed by atoms with Gasteiger partial charge in [-0.2, -0.15) is 0 Å². The Morgan fingerprint density at radius 3 is 1.38 bits per heavy atom. The molecule has 0 bridgehead atoms. The molecular weight excluding hydrogens is 673 g/mol. The molecule has 1 aliphatic carbocycles. The predicted octanol–water partition coefficient (Wildman–Crippen LogP) is 15.7. The minimum Gasteiger partial charge on any atom is -0.0622 e. The van der Waals surface area contributed by atoms with Crippen molar-refractivity contribution in [2.24, 2.45) is 0 Å². The SMILES string of the molecule is Cc1cc(-c2ccc3ccc4c(-c5ccccc5)ccc5ccc2c3c54)ccc1-c1ccc2c(c1)C(C)(C)c1cc3c4ccccc4c4ccccc4c3cc1-2. The third kappa shape index (κ3) is 4.30. The van der Waals surface area contributed by atoms with Crippen LogP contribution in [0.1, 0.15) is 30.5 Å². The molecule has 0 saturated heterocycles. The highest BCUT2D eigenvalue weighted by Gasteiger charge is 2.36. The summed E-state index contributed by atoms with van der Waals surface area (Å²) in [6.45, 7) is 7.09. The zero-order chi connectivity index (χ0) is 37.3. The van der Waals surface area contributed by atoms with E-state index in [-0.39, 0.29) is 5.41 Å². The van der Waals surface area contributed by atoms with Crippen molar-refractivity contribution in [3.05, 3.63) is 193 Å². The van der Waals surface area contributed by atoms with Gasteiger partial charge in [-0.15, -0.1) is 0 Å². The Bertz CT molecular complexity index is 3430. The van der Waals surface area contributed by atoms with Crippen molar-refractivity contribution in [1.82, 2.24) is 0 Å². The summed E-state index contributed by atoms with van der Waals surface area (Å²) in [6.07, 6.45) is 0. The summed E-state index contributed by atoms with van der Waals surface area (Å²) < 4.78 is 0. The fraction of sp³-hybridized carbons (Fsp3) is 0.0714. The number of rotatable bonds is 3. The lowest BCUT2D eigenvalue weighted by atomic mass is 9.80. The molecule has 0 spiro atoms. The Hall–Kier alpha value is -6.76. The van der Waals surface area contributed by atoms with Crippen LogP contribution in [0.4, 0.5) is 0 Å². The van der Waals surface area contributed by atoms with E-state index in [9.17, 15) is 0 Å². The smallest absolute Gasteiger partial charge is 0.0159 e. The molecule has 56 heavy (non-hydrogen) atoms. The van der Waals surface area contributed by atoms with Gasteiger partial charge in [0.1, 0.15) is 0 Å². The molecule has 0 N–H and O–H groups in total. The Morgan fingerprint density at radius 1 is 0.304 bits per heavy atom. The van der Waals surface area contributed by atoms with Gasteiger partial charge < -0.3 is 0 Å². The predicted molar refractivity (Wildman–Crippen MR) is 241 cm³/mol. The maximum atomic E-state index is 2.50. The molecule has 0 nitrogen and oxygen atoms in total. The summed E-state index contributed by atoms with van der Waals surface area (Å²) in [5.41, 5.74) is 14.3. The van der Waals surface area contributed by atoms with Crippen molar-refractivity contribution in [1.29, 1.82) is 0 Å². The van der Waals surface area contributed by atoms with E-state index in [0.717, 1.165) is 0 Å². The van der Waals surface area contributed by atoms with E-state index in [0.29, 0.717) is 0 Å². The average Bonchev–Trinajstić information content (AvgIpc) is 3.46. The van der Waals surface area contributed by atoms with Gasteiger partial charge in [0, 0.05) is 5.41 Å². The molecule has 1 aliphatic rings. The second kappa shape index (κ2) is 11.4. The number of benzene rings is 11. The molecule has 0 heterocycles. The van der Waals surface area contributed by atoms with Crippen LogP contribution in [0.25, 0.3) is 109 Å². The van der Waals surface area contributed by atoms with Crippen LogP contribution in [0.5, 0.6) is 0 Å². The number of hydrogen-bond acceptors (Lipinski definition) is 0. The highest BCUT2D eigenvalue weighted by molar-refractivity contribution is 6.28. The zero-order valence-corrected chi connectivity index (χ0v) is 31.7. The standard InChI is InChI=1S/C56H38/c1-33-29-37(41-25-18-36-19-27-47-40(34-11-5-4-6-12-34)24-17-35-20-28-48(41)55(36)54(35)47)21-23-39(33)38-22-26-46-51-31-49-44-15-9-7-13-42(44)43-14-8-10-16-45(43)50(49)32-53(51)56(2,3)52(46)30-38/h4-32H,1-3H3. The largest absolute Gasteiger partial charge is 0.0622 e. The lowest BCUT2D eigenvalue weighted by Gasteiger charge is -2.23. The molecule has 12 rings (SSSR count). The van der Waals surface area contributed by atoms with Crippen LogP contribution in [0.3, 0.4) is 0 Å². The molecule has 0 aliphatic heterocycles. The van der Waals surface area contributed by atoms with Crippen LogP contribution < -0.4 is 0 Å². The Morgan fingerprint density at radius 2 is 0.768 bits per heavy atom. The molecule has 0 atom stereocenters. The van der Waals surface area contributed by atoms with Crippen LogP contribution in [-0.4, -0.2) is 0 Å². The summed E-state index contributed by atoms with van der Waals surface area (Å²) >= 11 is 0.